The molecule has 242 valence electrons. The lowest BCUT2D eigenvalue weighted by atomic mass is 10.1. The third-order valence-electron chi connectivity index (χ3n) is 8.59. The van der Waals surface area contributed by atoms with Gasteiger partial charge in [0.2, 0.25) is 0 Å². The molecule has 4 nitrogen and oxygen atoms in total. The van der Waals surface area contributed by atoms with E-state index in [9.17, 15) is 0 Å². The van der Waals surface area contributed by atoms with E-state index < -0.39 is 0 Å². The fourth-order valence-electron chi connectivity index (χ4n) is 6.28. The second kappa shape index (κ2) is 14.7. The van der Waals surface area contributed by atoms with Gasteiger partial charge in [0.25, 0.3) is 0 Å². The van der Waals surface area contributed by atoms with Crippen molar-refractivity contribution in [3.8, 4) is 5.69 Å². The van der Waals surface area contributed by atoms with Crippen molar-refractivity contribution in [3.63, 3.8) is 0 Å². The number of rotatable bonds is 8. The van der Waals surface area contributed by atoms with E-state index in [4.69, 9.17) is 10.2 Å². The van der Waals surface area contributed by atoms with E-state index in [1.54, 1.807) is 12.2 Å². The Bertz CT molecular complexity index is 2410. The Labute approximate surface area is 288 Å². The summed E-state index contributed by atoms with van der Waals surface area (Å²) < 4.78 is 8.64. The summed E-state index contributed by atoms with van der Waals surface area (Å²) in [5, 5.41) is 4.86. The molecule has 0 bridgehead atoms. The maximum Gasteiger partial charge on any atom is 0.159 e. The molecular formula is C45H41N3O. The highest BCUT2D eigenvalue weighted by Gasteiger charge is 2.17. The monoisotopic (exact) mass is 639 g/mol. The highest BCUT2D eigenvalue weighted by atomic mass is 16.3. The van der Waals surface area contributed by atoms with Gasteiger partial charge in [0, 0.05) is 34.3 Å². The lowest BCUT2D eigenvalue weighted by molar-refractivity contribution is 0.609. The van der Waals surface area contributed by atoms with Crippen molar-refractivity contribution in [3.05, 3.63) is 193 Å². The molecule has 2 N–H and O–H groups in total. The van der Waals surface area contributed by atoms with Crippen molar-refractivity contribution in [2.24, 2.45) is 5.73 Å². The van der Waals surface area contributed by atoms with Gasteiger partial charge in [-0.05, 0) is 68.0 Å². The molecule has 0 aliphatic rings. The van der Waals surface area contributed by atoms with Crippen LogP contribution in [0.5, 0.6) is 0 Å². The summed E-state index contributed by atoms with van der Waals surface area (Å²) in [6.07, 6.45) is 13.2. The van der Waals surface area contributed by atoms with E-state index in [-0.39, 0.29) is 0 Å². The number of nitrogens with zero attached hydrogens (tertiary/aromatic N) is 2. The lowest BCUT2D eigenvalue weighted by Crippen LogP contribution is -2.19. The summed E-state index contributed by atoms with van der Waals surface area (Å²) in [5.41, 5.74) is 16.4. The van der Waals surface area contributed by atoms with Gasteiger partial charge in [-0.2, -0.15) is 0 Å². The largest absolute Gasteiger partial charge is 0.454 e. The first kappa shape index (κ1) is 32.7. The molecule has 5 aromatic carbocycles. The first-order chi connectivity index (χ1) is 24.0. The molecule has 49 heavy (non-hydrogen) atoms. The number of benzene rings is 5. The molecule has 0 radical (unpaired) electrons. The van der Waals surface area contributed by atoms with Gasteiger partial charge < -0.3 is 19.6 Å². The first-order valence-corrected chi connectivity index (χ1v) is 16.4. The predicted octanol–water partition coefficient (Wildman–Crippen LogP) is 11.6. The van der Waals surface area contributed by atoms with E-state index in [0.717, 1.165) is 44.6 Å². The normalized spacial score (nSPS) is 12.5. The molecule has 0 saturated heterocycles. The minimum absolute atomic E-state index is 0.634. The summed E-state index contributed by atoms with van der Waals surface area (Å²) in [4.78, 5) is 2.06. The number of nitrogens with two attached hydrogens (primary N) is 1. The average Bonchev–Trinajstić information content (AvgIpc) is 3.68. The highest BCUT2D eigenvalue weighted by Crippen LogP contribution is 2.38. The van der Waals surface area contributed by atoms with Gasteiger partial charge in [-0.15, -0.1) is 0 Å². The quantitative estimate of drug-likeness (QED) is 0.168. The standard InChI is InChI=1S/C25H17NO.C20H24N2/c1-16-13-14-22-20(15-16)17-7-2-4-10-21(17)26(22)23-11-6-9-19-18-8-3-5-12-24(18)27-25(19)23;1-5-8-10-16-19(17-14-11-9-12-15-17)22(4)20(13-6-2)18(21)7-3/h2-15H,1H3;5-16H,1,3,21H2,2,4H3/b;10-8-,13-6-,19-16+,20-18-. The number of fused-ring (bicyclic) bond motifs is 6. The van der Waals surface area contributed by atoms with Crippen LogP contribution in [0.3, 0.4) is 0 Å². The van der Waals surface area contributed by atoms with Crippen LogP contribution in [0.4, 0.5) is 0 Å². The Morgan fingerprint density at radius 3 is 2.20 bits per heavy atom. The minimum atomic E-state index is 0.634. The fourth-order valence-corrected chi connectivity index (χ4v) is 6.28. The number of hydrogen-bond donors (Lipinski definition) is 1. The molecular weight excluding hydrogens is 599 g/mol. The lowest BCUT2D eigenvalue weighted by Gasteiger charge is -2.25. The topological polar surface area (TPSA) is 47.3 Å². The third-order valence-corrected chi connectivity index (χ3v) is 8.59. The molecule has 0 unspecified atom stereocenters. The van der Waals surface area contributed by atoms with Crippen molar-refractivity contribution in [2.45, 2.75) is 13.8 Å². The van der Waals surface area contributed by atoms with Gasteiger partial charge in [-0.3, -0.25) is 0 Å². The van der Waals surface area contributed by atoms with E-state index in [2.05, 4.69) is 114 Å². The van der Waals surface area contributed by atoms with E-state index in [1.807, 2.05) is 74.7 Å². The number of allylic oxidation sites excluding steroid dienone is 7. The van der Waals surface area contributed by atoms with Crippen LogP contribution >= 0.6 is 0 Å². The van der Waals surface area contributed by atoms with E-state index in [1.165, 1.54) is 27.4 Å². The molecule has 0 aliphatic carbocycles. The van der Waals surface area contributed by atoms with Crippen LogP contribution < -0.4 is 5.73 Å². The van der Waals surface area contributed by atoms with Crippen LogP contribution in [-0.2, 0) is 0 Å². The van der Waals surface area contributed by atoms with Gasteiger partial charge in [0.15, 0.2) is 5.58 Å². The summed E-state index contributed by atoms with van der Waals surface area (Å²) >= 11 is 0. The zero-order valence-electron chi connectivity index (χ0n) is 28.3. The van der Waals surface area contributed by atoms with Crippen LogP contribution in [0, 0.1) is 6.92 Å². The maximum atomic E-state index is 6.31. The van der Waals surface area contributed by atoms with Crippen LogP contribution in [0.15, 0.2) is 187 Å². The Hall–Kier alpha value is -6.26. The molecule has 2 aromatic heterocycles. The van der Waals surface area contributed by atoms with Gasteiger partial charge in [-0.25, -0.2) is 0 Å². The molecule has 0 amide bonds. The molecule has 2 heterocycles. The Kier molecular flexibility index (Phi) is 9.78. The van der Waals surface area contributed by atoms with Crippen LogP contribution in [-0.4, -0.2) is 16.5 Å². The average molecular weight is 640 g/mol. The summed E-state index contributed by atoms with van der Waals surface area (Å²) in [6.45, 7) is 11.6. The Morgan fingerprint density at radius 1 is 0.755 bits per heavy atom. The fraction of sp³-hybridized carbons (Fsp3) is 0.0667. The van der Waals surface area contributed by atoms with E-state index in [0.29, 0.717) is 5.70 Å². The molecule has 0 spiro atoms. The number of aryl methyl sites for hydroxylation is 1. The SMILES string of the molecule is C=C/C=C\C=C(/c1ccccc1)N(C)C(/C=C\C)=C(\N)C=C.Cc1ccc2c(c1)c1ccccc1n2-c1cccc2c1oc1ccccc12. The van der Waals surface area contributed by atoms with E-state index >= 15 is 0 Å². The zero-order valence-corrected chi connectivity index (χ0v) is 28.3. The molecule has 0 fully saturated rings. The van der Waals surface area contributed by atoms with Gasteiger partial charge in [-0.1, -0.05) is 128 Å². The summed E-state index contributed by atoms with van der Waals surface area (Å²) in [5.74, 6) is 0. The Balaban J connectivity index is 0.000000175. The van der Waals surface area contributed by atoms with Crippen LogP contribution in [0.2, 0.25) is 0 Å². The van der Waals surface area contributed by atoms with Crippen LogP contribution in [0.1, 0.15) is 18.1 Å². The molecule has 0 aliphatic heterocycles. The zero-order chi connectivity index (χ0) is 34.3. The smallest absolute Gasteiger partial charge is 0.159 e. The first-order valence-electron chi connectivity index (χ1n) is 16.4. The molecule has 7 aromatic rings. The number of hydrogen-bond acceptors (Lipinski definition) is 3. The molecule has 0 atom stereocenters. The molecule has 4 heteroatoms. The van der Waals surface area contributed by atoms with Crippen LogP contribution in [0.25, 0.3) is 55.1 Å². The van der Waals surface area contributed by atoms with Crippen molar-refractivity contribution in [2.75, 3.05) is 7.05 Å². The van der Waals surface area contributed by atoms with Crippen molar-refractivity contribution in [1.82, 2.24) is 9.47 Å². The predicted molar refractivity (Wildman–Crippen MR) is 211 cm³/mol. The third kappa shape index (κ3) is 6.50. The summed E-state index contributed by atoms with van der Waals surface area (Å²) in [6, 6.07) is 40.1. The Morgan fingerprint density at radius 2 is 1.45 bits per heavy atom. The van der Waals surface area contributed by atoms with Gasteiger partial charge in [0.1, 0.15) is 5.58 Å². The van der Waals surface area contributed by atoms with Gasteiger partial charge >= 0.3 is 0 Å². The second-order valence-corrected chi connectivity index (χ2v) is 11.8. The number of furan rings is 1. The van der Waals surface area contributed by atoms with Crippen molar-refractivity contribution >= 4 is 49.4 Å². The number of aromatic nitrogens is 1. The van der Waals surface area contributed by atoms with Crippen molar-refractivity contribution in [1.29, 1.82) is 0 Å². The molecule has 7 rings (SSSR count). The maximum absolute atomic E-state index is 6.31. The van der Waals surface area contributed by atoms with Crippen molar-refractivity contribution < 1.29 is 4.42 Å². The summed E-state index contributed by atoms with van der Waals surface area (Å²) in [7, 11) is 1.99. The van der Waals surface area contributed by atoms with Gasteiger partial charge in [0.05, 0.1) is 28.1 Å². The highest BCUT2D eigenvalue weighted by molar-refractivity contribution is 6.12. The minimum Gasteiger partial charge on any atom is -0.454 e. The molecule has 0 saturated carbocycles. The second-order valence-electron chi connectivity index (χ2n) is 11.8. The number of para-hydroxylation sites is 3. The number of likely N-dealkylation sites (N-methyl/N-ethyl adjacent to an activating group) is 1.